The number of rotatable bonds is 43. The van der Waals surface area contributed by atoms with Gasteiger partial charge in [0.15, 0.2) is 5.96 Å². The quantitative estimate of drug-likeness (QED) is 0.0117. The average molecular weight is 1330 g/mol. The summed E-state index contributed by atoms with van der Waals surface area (Å²) in [6, 6.07) is -17.0. The van der Waals surface area contributed by atoms with Crippen LogP contribution in [0.5, 0.6) is 0 Å². The lowest BCUT2D eigenvalue weighted by atomic mass is 9.99. The summed E-state index contributed by atoms with van der Waals surface area (Å²) in [6.45, 7) is 15.3. The molecule has 0 aromatic heterocycles. The van der Waals surface area contributed by atoms with Crippen molar-refractivity contribution in [2.75, 3.05) is 37.8 Å². The fraction of sp³-hybridized carbons (Fsp3) is 0.727. The molecule has 23 N–H and O–H groups in total. The zero-order chi connectivity index (χ0) is 70.2. The van der Waals surface area contributed by atoms with Crippen molar-refractivity contribution in [1.82, 2.24) is 63.8 Å². The minimum atomic E-state index is -1.75. The Morgan fingerprint density at radius 3 is 1.14 bits per heavy atom. The second-order valence-corrected chi connectivity index (χ2v) is 24.4. The topological polar surface area (TPSA) is 560 Å². The van der Waals surface area contributed by atoms with E-state index in [1.165, 1.54) is 20.8 Å². The number of hydrogen-bond acceptors (Lipinski definition) is 20. The van der Waals surface area contributed by atoms with Crippen LogP contribution in [0.15, 0.2) is 4.99 Å². The third-order valence-corrected chi connectivity index (χ3v) is 14.0. The van der Waals surface area contributed by atoms with Crippen molar-refractivity contribution in [3.8, 4) is 0 Å². The number of nitrogens with one attached hydrogen (secondary N) is 12. The van der Waals surface area contributed by atoms with E-state index in [4.69, 9.17) is 22.9 Å². The highest BCUT2D eigenvalue weighted by atomic mass is 32.1. The zero-order valence-corrected chi connectivity index (χ0v) is 55.3. The molecule has 518 valence electrons. The monoisotopic (exact) mass is 1330 g/mol. The molecule has 0 aliphatic rings. The summed E-state index contributed by atoms with van der Waals surface area (Å²) in [6.07, 6.45) is -0.704. The van der Waals surface area contributed by atoms with Crippen molar-refractivity contribution in [2.45, 2.75) is 187 Å². The van der Waals surface area contributed by atoms with Gasteiger partial charge in [-0.25, -0.2) is 4.79 Å². The summed E-state index contributed by atoms with van der Waals surface area (Å²) in [7, 11) is 0. The maximum atomic E-state index is 14.0. The summed E-state index contributed by atoms with van der Waals surface area (Å²) in [5.41, 5.74) is 21.8. The molecule has 0 unspecified atom stereocenters. The van der Waals surface area contributed by atoms with Crippen molar-refractivity contribution in [3.63, 3.8) is 0 Å². The van der Waals surface area contributed by atoms with Gasteiger partial charge in [0.2, 0.25) is 76.8 Å². The predicted octanol–water partition coefficient (Wildman–Crippen LogP) is -6.91. The first kappa shape index (κ1) is 83.4. The fourth-order valence-corrected chi connectivity index (χ4v) is 8.87. The normalized spacial score (nSPS) is 15.2. The number of carboxylic acids is 1. The van der Waals surface area contributed by atoms with E-state index in [1.54, 1.807) is 55.4 Å². The van der Waals surface area contributed by atoms with Crippen molar-refractivity contribution in [1.29, 1.82) is 0 Å². The van der Waals surface area contributed by atoms with Gasteiger partial charge in [-0.1, -0.05) is 69.2 Å². The van der Waals surface area contributed by atoms with E-state index in [1.807, 2.05) is 0 Å². The van der Waals surface area contributed by atoms with E-state index >= 15 is 0 Å². The molecule has 0 bridgehead atoms. The van der Waals surface area contributed by atoms with Gasteiger partial charge in [0.05, 0.1) is 32.2 Å². The van der Waals surface area contributed by atoms with Gasteiger partial charge in [0.25, 0.3) is 0 Å². The predicted molar refractivity (Wildman–Crippen MR) is 339 cm³/mol. The number of nitrogens with two attached hydrogens (primary N) is 4. The van der Waals surface area contributed by atoms with E-state index < -0.39 is 193 Å². The maximum Gasteiger partial charge on any atom is 0.328 e. The number of hydrogen-bond donors (Lipinski definition) is 21. The van der Waals surface area contributed by atoms with Crippen LogP contribution in [0.3, 0.4) is 0 Å². The zero-order valence-electron chi connectivity index (χ0n) is 53.5. The Morgan fingerprint density at radius 1 is 0.418 bits per heavy atom. The Bertz CT molecular complexity index is 2520. The number of aliphatic carboxylic acids is 1. The van der Waals surface area contributed by atoms with E-state index in [0.29, 0.717) is 0 Å². The number of thiol groups is 2. The van der Waals surface area contributed by atoms with E-state index in [2.05, 4.69) is 94.1 Å². The highest BCUT2D eigenvalue weighted by Gasteiger charge is 2.37. The lowest BCUT2D eigenvalue weighted by molar-refractivity contribution is -0.143. The minimum Gasteiger partial charge on any atom is -0.480 e. The molecule has 0 heterocycles. The van der Waals surface area contributed by atoms with Gasteiger partial charge in [-0.05, 0) is 68.6 Å². The first-order valence-electron chi connectivity index (χ1n) is 29.7. The number of nitrogens with zero attached hydrogens (tertiary/aromatic N) is 1. The molecule has 0 aliphatic heterocycles. The second kappa shape index (κ2) is 42.5. The number of primary amides is 1. The molecule has 36 heteroatoms. The molecular formula is C55H99N17O17S2. The molecule has 0 saturated heterocycles. The average Bonchev–Trinajstić information content (AvgIpc) is 1.61. The standard InChI is InChI=1S/C55H99N17O17S2/c1-24(2)15-31(44(78)61-19-40(76)62-30(13-12-14-60-55(58)59)45(79)63-33(17-26(5)6)47(81)68-36(21-74)54(88)89)66-52(86)41(27(7)8)72-51(85)38(23-91)70-53(87)42(28(9)10)71-49(83)35(20-73)67-46(80)32(16-25(3)4)64-48(82)34(18-39(57)75)65-50(84)37(22-90)69-43(77)29(11)56/h24-38,41-42,73-74,90-91H,12-23,56H2,1-11H3,(H2,57,75)(H,61,78)(H,62,76)(H,63,79)(H,64,82)(H,65,84)(H,66,86)(H,67,80)(H,68,81)(H,69,77)(H,70,87)(H,71,83)(H,72,85)(H,88,89)(H4,58,59,60)/t29-,30-,31-,32-,33-,34-,35-,36-,37-,38-,41-,42-/m0/s1. The summed E-state index contributed by atoms with van der Waals surface area (Å²) in [5.74, 6) is -16.4. The SMILES string of the molecule is CC(C)C[C@H](NC(=O)[C@H](CCCN=C(N)N)NC(=O)CNC(=O)[C@H](CC(C)C)NC(=O)[C@@H](NC(=O)[C@H](CS)NC(=O)[C@@H](NC(=O)[C@H](CO)NC(=O)[C@H](CC(C)C)NC(=O)[C@H](CC(N)=O)NC(=O)[C@H](CS)NC(=O)[C@H](C)N)C(C)C)C(C)C)C(=O)N[C@@H](CO)C(=O)O. The van der Waals surface area contributed by atoms with Gasteiger partial charge < -0.3 is 102 Å². The van der Waals surface area contributed by atoms with E-state index in [0.717, 1.165) is 0 Å². The first-order valence-corrected chi connectivity index (χ1v) is 31.0. The lowest BCUT2D eigenvalue weighted by Crippen LogP contribution is -2.62. The highest BCUT2D eigenvalue weighted by Crippen LogP contribution is 2.13. The van der Waals surface area contributed by atoms with Gasteiger partial charge in [-0.15, -0.1) is 0 Å². The molecule has 0 fully saturated rings. The van der Waals surface area contributed by atoms with Crippen LogP contribution < -0.4 is 86.7 Å². The number of amides is 13. The smallest absolute Gasteiger partial charge is 0.328 e. The molecule has 91 heavy (non-hydrogen) atoms. The molecule has 0 rings (SSSR count). The van der Waals surface area contributed by atoms with Crippen LogP contribution >= 0.6 is 25.3 Å². The summed E-state index contributed by atoms with van der Waals surface area (Å²) >= 11 is 8.31. The molecule has 34 nitrogen and oxygen atoms in total. The largest absolute Gasteiger partial charge is 0.480 e. The third kappa shape index (κ3) is 32.3. The van der Waals surface area contributed by atoms with Gasteiger partial charge in [0.1, 0.15) is 66.5 Å². The molecule has 0 aromatic rings. The van der Waals surface area contributed by atoms with Crippen molar-refractivity contribution in [2.24, 2.45) is 57.5 Å². The Morgan fingerprint density at radius 2 is 0.758 bits per heavy atom. The Labute approximate surface area is 540 Å². The van der Waals surface area contributed by atoms with E-state index in [9.17, 15) is 82.4 Å². The molecule has 0 aliphatic carbocycles. The number of aliphatic hydroxyl groups is 2. The van der Waals surface area contributed by atoms with Crippen molar-refractivity contribution >= 4 is 114 Å². The third-order valence-electron chi connectivity index (χ3n) is 13.2. The number of carbonyl (C=O) groups excluding carboxylic acids is 13. The number of carbonyl (C=O) groups is 14. The van der Waals surface area contributed by atoms with Gasteiger partial charge in [0, 0.05) is 18.1 Å². The fourth-order valence-electron chi connectivity index (χ4n) is 8.36. The first-order chi connectivity index (χ1) is 42.3. The van der Waals surface area contributed by atoms with Crippen LogP contribution in [-0.2, 0) is 67.1 Å². The number of guanidine groups is 1. The molecular weight excluding hydrogens is 1230 g/mol. The molecule has 12 atom stereocenters. The Kier molecular flexibility index (Phi) is 38.9. The minimum absolute atomic E-state index is 0.0246. The van der Waals surface area contributed by atoms with Crippen LogP contribution in [-0.4, -0.2) is 214 Å². The van der Waals surface area contributed by atoms with Crippen LogP contribution in [0.4, 0.5) is 0 Å². The summed E-state index contributed by atoms with van der Waals surface area (Å²) < 4.78 is 0. The van der Waals surface area contributed by atoms with Gasteiger partial charge >= 0.3 is 5.97 Å². The van der Waals surface area contributed by atoms with Crippen molar-refractivity contribution < 1.29 is 82.4 Å². The number of carboxylic acid groups (broad SMARTS) is 1. The highest BCUT2D eigenvalue weighted by molar-refractivity contribution is 7.80. The molecule has 0 aromatic carbocycles. The van der Waals surface area contributed by atoms with Crippen LogP contribution in [0.1, 0.15) is 115 Å². The molecule has 0 spiro atoms. The lowest BCUT2D eigenvalue weighted by Gasteiger charge is -2.29. The maximum absolute atomic E-state index is 14.0. The Hall–Kier alpha value is -7.57. The molecule has 0 saturated carbocycles. The number of aliphatic imine (C=N–C) groups is 1. The second-order valence-electron chi connectivity index (χ2n) is 23.7. The number of aliphatic hydroxyl groups excluding tert-OH is 2. The summed E-state index contributed by atoms with van der Waals surface area (Å²) in [4.78, 5) is 190. The summed E-state index contributed by atoms with van der Waals surface area (Å²) in [5, 5.41) is 58.3. The van der Waals surface area contributed by atoms with E-state index in [-0.39, 0.29) is 73.9 Å². The Balaban J connectivity index is 6.36. The van der Waals surface area contributed by atoms with Gasteiger partial charge in [-0.2, -0.15) is 25.3 Å². The molecule has 13 amide bonds. The van der Waals surface area contributed by atoms with Crippen LogP contribution in [0.25, 0.3) is 0 Å². The van der Waals surface area contributed by atoms with Gasteiger partial charge in [-0.3, -0.25) is 67.3 Å². The van der Waals surface area contributed by atoms with Crippen LogP contribution in [0, 0.1) is 29.6 Å². The van der Waals surface area contributed by atoms with Crippen molar-refractivity contribution in [3.05, 3.63) is 0 Å². The van der Waals surface area contributed by atoms with Crippen LogP contribution in [0.2, 0.25) is 0 Å². The molecule has 0 radical (unpaired) electrons.